The van der Waals surface area contributed by atoms with Gasteiger partial charge in [-0.15, -0.1) is 0 Å². The molecule has 1 aliphatic rings. The predicted octanol–water partition coefficient (Wildman–Crippen LogP) is 5.23. The molecule has 1 saturated heterocycles. The Labute approximate surface area is 149 Å². The molecule has 2 aromatic rings. The highest BCUT2D eigenvalue weighted by Gasteiger charge is 2.29. The second-order valence-electron chi connectivity index (χ2n) is 5.64. The Balaban J connectivity index is 1.57. The van der Waals surface area contributed by atoms with Gasteiger partial charge in [-0.05, 0) is 29.7 Å². The van der Waals surface area contributed by atoms with E-state index in [0.717, 1.165) is 27.0 Å². The maximum atomic E-state index is 12.2. The Hall–Kier alpha value is -1.52. The van der Waals surface area contributed by atoms with Crippen molar-refractivity contribution in [1.82, 2.24) is 4.90 Å². The number of amides is 1. The molecule has 0 aromatic heterocycles. The van der Waals surface area contributed by atoms with Crippen molar-refractivity contribution in [1.29, 1.82) is 0 Å². The lowest BCUT2D eigenvalue weighted by Gasteiger charge is -2.17. The maximum Gasteiger partial charge on any atom is 0.410 e. The van der Waals surface area contributed by atoms with Crippen LogP contribution in [0.4, 0.5) is 4.79 Å². The lowest BCUT2D eigenvalue weighted by atomic mass is 9.98. The molecule has 1 aliphatic heterocycles. The number of rotatable bonds is 3. The number of nitrogens with zero attached hydrogens (tertiary/aromatic N) is 1. The highest BCUT2D eigenvalue weighted by molar-refractivity contribution is 9.10. The van der Waals surface area contributed by atoms with Crippen LogP contribution in [0.5, 0.6) is 0 Å². The van der Waals surface area contributed by atoms with Gasteiger partial charge in [0.2, 0.25) is 0 Å². The Kier molecular flexibility index (Phi) is 5.23. The number of hydrogen-bond acceptors (Lipinski definition) is 2. The standard InChI is InChI=1S/C18H17BrClNO2/c19-15-6-7-16(17(20)10-15)14-8-9-21(11-14)18(22)23-12-13-4-2-1-3-5-13/h1-7,10,14H,8-9,11-12H2/t14-/m1/s1. The average molecular weight is 395 g/mol. The van der Waals surface area contributed by atoms with Crippen molar-refractivity contribution in [2.75, 3.05) is 13.1 Å². The van der Waals surface area contributed by atoms with Crippen molar-refractivity contribution in [3.05, 3.63) is 69.2 Å². The van der Waals surface area contributed by atoms with Crippen molar-refractivity contribution >= 4 is 33.6 Å². The van der Waals surface area contributed by atoms with Crippen molar-refractivity contribution in [3.63, 3.8) is 0 Å². The van der Waals surface area contributed by atoms with E-state index >= 15 is 0 Å². The van der Waals surface area contributed by atoms with E-state index in [-0.39, 0.29) is 12.0 Å². The van der Waals surface area contributed by atoms with Crippen LogP contribution in [0.25, 0.3) is 0 Å². The van der Waals surface area contributed by atoms with E-state index in [1.54, 1.807) is 4.90 Å². The number of hydrogen-bond donors (Lipinski definition) is 0. The molecule has 0 unspecified atom stereocenters. The van der Waals surface area contributed by atoms with E-state index in [9.17, 15) is 4.79 Å². The smallest absolute Gasteiger partial charge is 0.410 e. The molecule has 120 valence electrons. The molecule has 2 aromatic carbocycles. The third-order valence-electron chi connectivity index (χ3n) is 4.05. The summed E-state index contributed by atoms with van der Waals surface area (Å²) in [5.41, 5.74) is 2.08. The van der Waals surface area contributed by atoms with Gasteiger partial charge in [0, 0.05) is 28.5 Å². The van der Waals surface area contributed by atoms with E-state index in [1.807, 2.05) is 48.5 Å². The topological polar surface area (TPSA) is 29.5 Å². The first kappa shape index (κ1) is 16.3. The zero-order chi connectivity index (χ0) is 16.2. The molecule has 0 saturated carbocycles. The first-order chi connectivity index (χ1) is 11.1. The van der Waals surface area contributed by atoms with Gasteiger partial charge in [-0.3, -0.25) is 0 Å². The minimum atomic E-state index is -0.260. The summed E-state index contributed by atoms with van der Waals surface area (Å²) >= 11 is 9.73. The fraction of sp³-hybridized carbons (Fsp3) is 0.278. The summed E-state index contributed by atoms with van der Waals surface area (Å²) in [5.74, 6) is 0.264. The summed E-state index contributed by atoms with van der Waals surface area (Å²) in [4.78, 5) is 14.0. The zero-order valence-electron chi connectivity index (χ0n) is 12.5. The summed E-state index contributed by atoms with van der Waals surface area (Å²) < 4.78 is 6.35. The van der Waals surface area contributed by atoms with Crippen LogP contribution in [-0.2, 0) is 11.3 Å². The van der Waals surface area contributed by atoms with Gasteiger partial charge in [0.05, 0.1) is 0 Å². The quantitative estimate of drug-likeness (QED) is 0.713. The van der Waals surface area contributed by atoms with Gasteiger partial charge in [0.25, 0.3) is 0 Å². The van der Waals surface area contributed by atoms with Crippen LogP contribution in [0.15, 0.2) is 53.0 Å². The third-order valence-corrected chi connectivity index (χ3v) is 4.87. The largest absolute Gasteiger partial charge is 0.445 e. The molecule has 1 atom stereocenters. The maximum absolute atomic E-state index is 12.2. The minimum absolute atomic E-state index is 0.260. The molecular formula is C18H17BrClNO2. The number of carbonyl (C=O) groups excluding carboxylic acids is 1. The molecule has 5 heteroatoms. The molecule has 3 rings (SSSR count). The monoisotopic (exact) mass is 393 g/mol. The fourth-order valence-electron chi connectivity index (χ4n) is 2.82. The molecule has 0 radical (unpaired) electrons. The van der Waals surface area contributed by atoms with Crippen molar-refractivity contribution < 1.29 is 9.53 Å². The van der Waals surface area contributed by atoms with Crippen molar-refractivity contribution in [2.45, 2.75) is 18.9 Å². The molecule has 0 spiro atoms. The highest BCUT2D eigenvalue weighted by Crippen LogP contribution is 2.33. The first-order valence-electron chi connectivity index (χ1n) is 7.54. The molecule has 3 nitrogen and oxygen atoms in total. The molecule has 0 aliphatic carbocycles. The number of likely N-dealkylation sites (tertiary alicyclic amines) is 1. The summed E-state index contributed by atoms with van der Waals surface area (Å²) in [7, 11) is 0. The summed E-state index contributed by atoms with van der Waals surface area (Å²) in [6.45, 7) is 1.65. The van der Waals surface area contributed by atoms with Crippen LogP contribution in [0.1, 0.15) is 23.5 Å². The highest BCUT2D eigenvalue weighted by atomic mass is 79.9. The Morgan fingerprint density at radius 1 is 1.26 bits per heavy atom. The molecule has 0 bridgehead atoms. The predicted molar refractivity (Wildman–Crippen MR) is 94.7 cm³/mol. The van der Waals surface area contributed by atoms with Gasteiger partial charge >= 0.3 is 6.09 Å². The molecule has 23 heavy (non-hydrogen) atoms. The van der Waals surface area contributed by atoms with Gasteiger partial charge in [-0.2, -0.15) is 0 Å². The summed E-state index contributed by atoms with van der Waals surface area (Å²) in [5, 5.41) is 0.740. The molecular weight excluding hydrogens is 378 g/mol. The number of benzene rings is 2. The SMILES string of the molecule is O=C(OCc1ccccc1)N1CC[C@@H](c2ccc(Br)cc2Cl)C1. The van der Waals surface area contributed by atoms with E-state index in [0.29, 0.717) is 19.7 Å². The number of ether oxygens (including phenoxy) is 1. The van der Waals surface area contributed by atoms with Gasteiger partial charge < -0.3 is 9.64 Å². The van der Waals surface area contributed by atoms with Gasteiger partial charge in [0.1, 0.15) is 6.61 Å². The van der Waals surface area contributed by atoms with Crippen molar-refractivity contribution in [3.8, 4) is 0 Å². The Morgan fingerprint density at radius 3 is 2.78 bits per heavy atom. The van der Waals surface area contributed by atoms with E-state index in [1.165, 1.54) is 0 Å². The fourth-order valence-corrected chi connectivity index (χ4v) is 3.65. The molecule has 0 N–H and O–H groups in total. The molecule has 1 amide bonds. The minimum Gasteiger partial charge on any atom is -0.445 e. The Morgan fingerprint density at radius 2 is 2.04 bits per heavy atom. The van der Waals surface area contributed by atoms with Crippen LogP contribution >= 0.6 is 27.5 Å². The number of carbonyl (C=O) groups is 1. The first-order valence-corrected chi connectivity index (χ1v) is 8.71. The molecule has 1 fully saturated rings. The van der Waals surface area contributed by atoms with E-state index < -0.39 is 0 Å². The second kappa shape index (κ2) is 7.37. The average Bonchev–Trinajstić information content (AvgIpc) is 3.03. The van der Waals surface area contributed by atoms with E-state index in [2.05, 4.69) is 15.9 Å². The lowest BCUT2D eigenvalue weighted by molar-refractivity contribution is 0.104. The van der Waals surface area contributed by atoms with E-state index in [4.69, 9.17) is 16.3 Å². The normalized spacial score (nSPS) is 17.3. The van der Waals surface area contributed by atoms with Gasteiger partial charge in [0.15, 0.2) is 0 Å². The zero-order valence-corrected chi connectivity index (χ0v) is 14.9. The second-order valence-corrected chi connectivity index (χ2v) is 6.96. The van der Waals surface area contributed by atoms with Crippen LogP contribution in [-0.4, -0.2) is 24.1 Å². The van der Waals surface area contributed by atoms with Crippen LogP contribution in [0.3, 0.4) is 0 Å². The van der Waals surface area contributed by atoms with Crippen LogP contribution in [0.2, 0.25) is 5.02 Å². The third kappa shape index (κ3) is 4.06. The van der Waals surface area contributed by atoms with Crippen LogP contribution < -0.4 is 0 Å². The lowest BCUT2D eigenvalue weighted by Crippen LogP contribution is -2.29. The van der Waals surface area contributed by atoms with Gasteiger partial charge in [-0.25, -0.2) is 4.79 Å². The van der Waals surface area contributed by atoms with Crippen molar-refractivity contribution in [2.24, 2.45) is 0 Å². The molecule has 1 heterocycles. The summed E-state index contributed by atoms with van der Waals surface area (Å²) in [6, 6.07) is 15.6. The Bertz CT molecular complexity index is 693. The summed E-state index contributed by atoms with van der Waals surface area (Å²) in [6.07, 6.45) is 0.645. The van der Waals surface area contributed by atoms with Crippen LogP contribution in [0, 0.1) is 0 Å². The van der Waals surface area contributed by atoms with Gasteiger partial charge in [-0.1, -0.05) is 63.9 Å². The number of halogens is 2.